The highest BCUT2D eigenvalue weighted by Crippen LogP contribution is 2.32. The second-order valence-electron chi connectivity index (χ2n) is 8.23. The first-order valence-electron chi connectivity index (χ1n) is 11.2. The van der Waals surface area contributed by atoms with Crippen molar-refractivity contribution in [3.63, 3.8) is 0 Å². The number of aromatic nitrogens is 4. The molecule has 3 heterocycles. The number of hydrogen-bond acceptors (Lipinski definition) is 7. The smallest absolute Gasteiger partial charge is 0.277 e. The Labute approximate surface area is 210 Å². The standard InChI is InChI=1S/C22H30N6O4S.ClH.H2O/c1-5-7-17-19-20(27(4)25-17)22(29)24-21(23-19)16-14-15(8-9-18(16)32-6-2)33(30,31)28-12-10-26(3)11-13-28;;/h8-9,14H,5-7,10-13H2,1-4H3,(H,23,24,29);1H;1H2. The topological polar surface area (TPSA) is 145 Å². The van der Waals surface area contributed by atoms with Crippen LogP contribution in [0.3, 0.4) is 0 Å². The van der Waals surface area contributed by atoms with E-state index >= 15 is 0 Å². The molecular formula is C22H33ClN6O5S. The van der Waals surface area contributed by atoms with Crippen LogP contribution >= 0.6 is 12.4 Å². The summed E-state index contributed by atoms with van der Waals surface area (Å²) in [7, 11) is -0.00831. The van der Waals surface area contributed by atoms with Crippen LogP contribution in [0.5, 0.6) is 5.75 Å². The Morgan fingerprint density at radius 2 is 1.80 bits per heavy atom. The highest BCUT2D eigenvalue weighted by molar-refractivity contribution is 7.89. The minimum atomic E-state index is -3.70. The van der Waals surface area contributed by atoms with Crippen LogP contribution in [-0.2, 0) is 23.5 Å². The second kappa shape index (κ2) is 11.5. The predicted octanol–water partition coefficient (Wildman–Crippen LogP) is 1.21. The number of aromatic amines is 1. The highest BCUT2D eigenvalue weighted by atomic mass is 35.5. The number of halogens is 1. The van der Waals surface area contributed by atoms with Crippen molar-refractivity contribution in [1.29, 1.82) is 0 Å². The van der Waals surface area contributed by atoms with Gasteiger partial charge in [0.2, 0.25) is 10.0 Å². The zero-order valence-electron chi connectivity index (χ0n) is 20.4. The lowest BCUT2D eigenvalue weighted by Crippen LogP contribution is -2.47. The van der Waals surface area contributed by atoms with Crippen molar-refractivity contribution in [2.75, 3.05) is 39.8 Å². The first-order valence-corrected chi connectivity index (χ1v) is 12.6. The van der Waals surface area contributed by atoms with Crippen molar-refractivity contribution in [3.8, 4) is 17.1 Å². The molecular weight excluding hydrogens is 496 g/mol. The van der Waals surface area contributed by atoms with E-state index in [2.05, 4.69) is 15.0 Å². The molecule has 2 aromatic heterocycles. The van der Waals surface area contributed by atoms with Gasteiger partial charge in [0.05, 0.1) is 22.8 Å². The molecule has 1 saturated heterocycles. The van der Waals surface area contributed by atoms with E-state index in [0.29, 0.717) is 61.6 Å². The first kappa shape index (κ1) is 28.7. The molecule has 4 rings (SSSR count). The summed E-state index contributed by atoms with van der Waals surface area (Å²) in [6, 6.07) is 4.71. The van der Waals surface area contributed by atoms with E-state index in [4.69, 9.17) is 9.72 Å². The fourth-order valence-electron chi connectivity index (χ4n) is 4.09. The second-order valence-corrected chi connectivity index (χ2v) is 10.2. The monoisotopic (exact) mass is 528 g/mol. The number of aryl methyl sites for hydroxylation is 2. The van der Waals surface area contributed by atoms with Crippen LogP contribution in [0.2, 0.25) is 0 Å². The molecule has 1 aromatic carbocycles. The van der Waals surface area contributed by atoms with Crippen molar-refractivity contribution in [2.24, 2.45) is 7.05 Å². The number of piperazine rings is 1. The largest absolute Gasteiger partial charge is 0.493 e. The molecule has 3 aromatic rings. The number of benzene rings is 1. The third-order valence-corrected chi connectivity index (χ3v) is 7.75. The number of H-pyrrole nitrogens is 1. The summed E-state index contributed by atoms with van der Waals surface area (Å²) in [5, 5.41) is 4.45. The van der Waals surface area contributed by atoms with Crippen molar-refractivity contribution < 1.29 is 18.6 Å². The Hall–Kier alpha value is -2.51. The van der Waals surface area contributed by atoms with E-state index in [0.717, 1.165) is 12.1 Å². The molecule has 0 aliphatic carbocycles. The molecule has 0 atom stereocenters. The molecule has 0 unspecified atom stereocenters. The van der Waals surface area contributed by atoms with Gasteiger partial charge in [0, 0.05) is 33.2 Å². The van der Waals surface area contributed by atoms with Gasteiger partial charge < -0.3 is 20.1 Å². The van der Waals surface area contributed by atoms with E-state index in [9.17, 15) is 13.2 Å². The van der Waals surface area contributed by atoms with E-state index < -0.39 is 10.0 Å². The van der Waals surface area contributed by atoms with E-state index in [1.807, 2.05) is 20.9 Å². The maximum atomic E-state index is 13.3. The number of hydrogen-bond donors (Lipinski definition) is 1. The summed E-state index contributed by atoms with van der Waals surface area (Å²) >= 11 is 0. The van der Waals surface area contributed by atoms with Crippen LogP contribution in [0, 0.1) is 0 Å². The van der Waals surface area contributed by atoms with Crippen molar-refractivity contribution in [2.45, 2.75) is 31.6 Å². The van der Waals surface area contributed by atoms with Crippen LogP contribution in [-0.4, -0.2) is 82.7 Å². The Morgan fingerprint density at radius 3 is 2.43 bits per heavy atom. The molecule has 11 nitrogen and oxygen atoms in total. The number of likely N-dealkylation sites (N-methyl/N-ethyl adjacent to an activating group) is 1. The number of fused-ring (bicyclic) bond motifs is 1. The molecule has 0 bridgehead atoms. The minimum absolute atomic E-state index is 0. The van der Waals surface area contributed by atoms with Gasteiger partial charge in [0.1, 0.15) is 17.1 Å². The normalized spacial score (nSPS) is 15.0. The van der Waals surface area contributed by atoms with E-state index in [1.165, 1.54) is 8.99 Å². The Morgan fingerprint density at radius 1 is 1.11 bits per heavy atom. The fourth-order valence-corrected chi connectivity index (χ4v) is 5.54. The van der Waals surface area contributed by atoms with Gasteiger partial charge in [-0.25, -0.2) is 13.4 Å². The molecule has 35 heavy (non-hydrogen) atoms. The summed E-state index contributed by atoms with van der Waals surface area (Å²) in [6.07, 6.45) is 1.54. The van der Waals surface area contributed by atoms with Gasteiger partial charge in [0.15, 0.2) is 5.52 Å². The molecule has 1 aliphatic rings. The maximum absolute atomic E-state index is 13.3. The number of nitrogens with zero attached hydrogens (tertiary/aromatic N) is 5. The number of ether oxygens (including phenoxy) is 1. The van der Waals surface area contributed by atoms with Crippen LogP contribution in [0.25, 0.3) is 22.4 Å². The highest BCUT2D eigenvalue weighted by Gasteiger charge is 2.29. The van der Waals surface area contributed by atoms with E-state index in [-0.39, 0.29) is 34.2 Å². The van der Waals surface area contributed by atoms with Gasteiger partial charge in [-0.15, -0.1) is 12.4 Å². The van der Waals surface area contributed by atoms with E-state index in [1.54, 1.807) is 25.2 Å². The molecule has 1 aliphatic heterocycles. The summed E-state index contributed by atoms with van der Waals surface area (Å²) in [4.78, 5) is 22.7. The van der Waals surface area contributed by atoms with Gasteiger partial charge in [-0.05, 0) is 38.6 Å². The third-order valence-electron chi connectivity index (χ3n) is 5.86. The van der Waals surface area contributed by atoms with Crippen molar-refractivity contribution in [3.05, 3.63) is 34.2 Å². The molecule has 13 heteroatoms. The average Bonchev–Trinajstić information content (AvgIpc) is 3.10. The molecule has 0 spiro atoms. The van der Waals surface area contributed by atoms with Crippen molar-refractivity contribution >= 4 is 33.5 Å². The van der Waals surface area contributed by atoms with Crippen LogP contribution in [0.1, 0.15) is 26.0 Å². The fraction of sp³-hybridized carbons (Fsp3) is 0.500. The predicted molar refractivity (Wildman–Crippen MR) is 137 cm³/mol. The Bertz CT molecular complexity index is 1330. The summed E-state index contributed by atoms with van der Waals surface area (Å²) in [5.41, 5.74) is 1.75. The molecule has 194 valence electrons. The first-order chi connectivity index (χ1) is 15.8. The van der Waals surface area contributed by atoms with Gasteiger partial charge in [-0.1, -0.05) is 13.3 Å². The van der Waals surface area contributed by atoms with Crippen LogP contribution < -0.4 is 10.3 Å². The average molecular weight is 529 g/mol. The summed E-state index contributed by atoms with van der Waals surface area (Å²) in [5.74, 6) is 0.718. The van der Waals surface area contributed by atoms with Crippen molar-refractivity contribution in [1.82, 2.24) is 29.0 Å². The summed E-state index contributed by atoms with van der Waals surface area (Å²) < 4.78 is 35.4. The number of sulfonamides is 1. The van der Waals surface area contributed by atoms with Gasteiger partial charge in [0.25, 0.3) is 5.56 Å². The summed E-state index contributed by atoms with van der Waals surface area (Å²) in [6.45, 7) is 6.48. The van der Waals surface area contributed by atoms with Crippen LogP contribution in [0.15, 0.2) is 27.9 Å². The molecule has 1 fully saturated rings. The maximum Gasteiger partial charge on any atom is 0.277 e. The Kier molecular flexibility index (Phi) is 9.42. The SMILES string of the molecule is CCCc1nn(C)c2c(=O)[nH]c(-c3cc(S(=O)(=O)N4CCN(C)CC4)ccc3OCC)nc12.Cl.O. The van der Waals surface area contributed by atoms with Gasteiger partial charge in [-0.3, -0.25) is 9.48 Å². The molecule has 0 amide bonds. The lowest BCUT2D eigenvalue weighted by molar-refractivity contribution is 0.222. The zero-order chi connectivity index (χ0) is 23.8. The number of nitrogens with one attached hydrogen (secondary N) is 1. The Balaban J connectivity index is 0.00000216. The van der Waals surface area contributed by atoms with Gasteiger partial charge >= 0.3 is 0 Å². The zero-order valence-corrected chi connectivity index (χ0v) is 22.0. The molecule has 3 N–H and O–H groups in total. The van der Waals surface area contributed by atoms with Crippen LogP contribution in [0.4, 0.5) is 0 Å². The third kappa shape index (κ3) is 5.51. The minimum Gasteiger partial charge on any atom is -0.493 e. The molecule has 0 radical (unpaired) electrons. The lowest BCUT2D eigenvalue weighted by Gasteiger charge is -2.31. The van der Waals surface area contributed by atoms with Gasteiger partial charge in [-0.2, -0.15) is 9.40 Å². The molecule has 0 saturated carbocycles. The number of rotatable bonds is 7. The quantitative estimate of drug-likeness (QED) is 0.485. The lowest BCUT2D eigenvalue weighted by atomic mass is 10.1.